The summed E-state index contributed by atoms with van der Waals surface area (Å²) < 4.78 is 14.6. The zero-order valence-corrected chi connectivity index (χ0v) is 20.3. The minimum Gasteiger partial charge on any atom is -0.365 e. The third kappa shape index (κ3) is 4.59. The van der Waals surface area contributed by atoms with Crippen molar-refractivity contribution in [3.63, 3.8) is 0 Å². The number of halogens is 1. The van der Waals surface area contributed by atoms with Gasteiger partial charge in [-0.1, -0.05) is 0 Å². The average Bonchev–Trinajstić information content (AvgIpc) is 3.21. The number of rotatable bonds is 5. The second kappa shape index (κ2) is 8.36. The first-order valence-corrected chi connectivity index (χ1v) is 11.1. The minimum absolute atomic E-state index is 0.0463. The molecular weight excluding hydrogens is 435 g/mol. The van der Waals surface area contributed by atoms with Crippen molar-refractivity contribution in [3.05, 3.63) is 41.3 Å². The van der Waals surface area contributed by atoms with Crippen LogP contribution in [0, 0.1) is 17.1 Å². The number of aromatic nitrogens is 2. The number of anilines is 3. The molecule has 0 radical (unpaired) electrons. The molecule has 0 unspecified atom stereocenters. The fourth-order valence-corrected chi connectivity index (χ4v) is 4.71. The highest BCUT2D eigenvalue weighted by Gasteiger charge is 2.43. The highest BCUT2D eigenvalue weighted by atomic mass is 19.1. The summed E-state index contributed by atoms with van der Waals surface area (Å²) in [6.45, 7) is 10.5. The average molecular weight is 465 g/mol. The molecule has 178 valence electrons. The highest BCUT2D eigenvalue weighted by molar-refractivity contribution is 5.60. The zero-order chi connectivity index (χ0) is 24.7. The zero-order valence-electron chi connectivity index (χ0n) is 20.3. The van der Waals surface area contributed by atoms with E-state index in [1.165, 1.54) is 0 Å². The summed E-state index contributed by atoms with van der Waals surface area (Å²) in [7, 11) is 2.13. The van der Waals surface area contributed by atoms with Gasteiger partial charge in [-0.2, -0.15) is 10.2 Å². The van der Waals surface area contributed by atoms with Crippen LogP contribution in [0.15, 0.2) is 45.1 Å². The largest absolute Gasteiger partial charge is 0.365 e. The summed E-state index contributed by atoms with van der Waals surface area (Å²) in [5.41, 5.74) is 0.469. The SMILES string of the molecule is CN1C(C)(C)CC(Nc2nc(Nc3cc(C#N)cc(C4(C)N=NN=N4)c3)ncc2F)CC1(C)C. The fourth-order valence-electron chi connectivity index (χ4n) is 4.71. The van der Waals surface area contributed by atoms with Gasteiger partial charge in [-0.15, -0.1) is 10.2 Å². The fraction of sp³-hybridized carbons (Fsp3) is 0.522. The lowest BCUT2D eigenvalue weighted by atomic mass is 9.77. The third-order valence-electron chi connectivity index (χ3n) is 6.78. The van der Waals surface area contributed by atoms with Crippen molar-refractivity contribution >= 4 is 17.5 Å². The predicted molar refractivity (Wildman–Crippen MR) is 126 cm³/mol. The van der Waals surface area contributed by atoms with Gasteiger partial charge in [0.15, 0.2) is 11.6 Å². The van der Waals surface area contributed by atoms with Crippen LogP contribution in [0.2, 0.25) is 0 Å². The van der Waals surface area contributed by atoms with Crippen LogP contribution < -0.4 is 10.6 Å². The number of nitrogens with one attached hydrogen (secondary N) is 2. The summed E-state index contributed by atoms with van der Waals surface area (Å²) in [5.74, 6) is -0.178. The molecule has 4 rings (SSSR count). The summed E-state index contributed by atoms with van der Waals surface area (Å²) in [6, 6.07) is 7.27. The van der Waals surface area contributed by atoms with E-state index in [9.17, 15) is 9.65 Å². The standard InChI is InChI=1S/C23H29FN10/c1-21(2)10-17(11-22(3,4)34(21)6)27-19-18(24)13-26-20(29-19)28-16-8-14(12-25)7-15(9-16)23(5)30-32-33-31-23/h7-9,13,17H,10-11H2,1-6H3,(H2,26,27,28,29). The predicted octanol–water partition coefficient (Wildman–Crippen LogP) is 5.30. The van der Waals surface area contributed by atoms with E-state index in [0.29, 0.717) is 16.8 Å². The molecule has 0 saturated carbocycles. The van der Waals surface area contributed by atoms with Gasteiger partial charge in [0, 0.05) is 28.4 Å². The molecule has 11 heteroatoms. The molecule has 2 aromatic rings. The number of nitrogens with zero attached hydrogens (tertiary/aromatic N) is 8. The van der Waals surface area contributed by atoms with Crippen LogP contribution >= 0.6 is 0 Å². The summed E-state index contributed by atoms with van der Waals surface area (Å²) in [5, 5.41) is 31.1. The Hall–Kier alpha value is -3.52. The van der Waals surface area contributed by atoms with Gasteiger partial charge in [0.05, 0.1) is 17.8 Å². The maximum atomic E-state index is 14.6. The second-order valence-electron chi connectivity index (χ2n) is 10.3. The number of nitriles is 1. The van der Waals surface area contributed by atoms with Gasteiger partial charge >= 0.3 is 0 Å². The molecule has 0 amide bonds. The van der Waals surface area contributed by atoms with Gasteiger partial charge in [0.1, 0.15) is 0 Å². The Kier molecular flexibility index (Phi) is 5.81. The molecule has 2 aliphatic heterocycles. The van der Waals surface area contributed by atoms with Crippen LogP contribution in [0.4, 0.5) is 21.8 Å². The highest BCUT2D eigenvalue weighted by Crippen LogP contribution is 2.38. The molecule has 2 N–H and O–H groups in total. The van der Waals surface area contributed by atoms with Crippen molar-refractivity contribution in [2.75, 3.05) is 17.7 Å². The lowest BCUT2D eigenvalue weighted by molar-refractivity contribution is -0.00778. The van der Waals surface area contributed by atoms with Crippen LogP contribution in [0.1, 0.15) is 58.6 Å². The van der Waals surface area contributed by atoms with Crippen LogP contribution in [-0.4, -0.2) is 39.0 Å². The van der Waals surface area contributed by atoms with Crippen molar-refractivity contribution in [1.82, 2.24) is 14.9 Å². The Bertz CT molecular complexity index is 1170. The molecule has 1 fully saturated rings. The van der Waals surface area contributed by atoms with Gasteiger partial charge in [0.2, 0.25) is 11.6 Å². The molecule has 0 aliphatic carbocycles. The second-order valence-corrected chi connectivity index (χ2v) is 10.3. The minimum atomic E-state index is -1.01. The van der Waals surface area contributed by atoms with Gasteiger partial charge in [-0.05, 0) is 83.2 Å². The van der Waals surface area contributed by atoms with Gasteiger partial charge in [0.25, 0.3) is 0 Å². The molecular formula is C23H29FN10. The van der Waals surface area contributed by atoms with E-state index in [-0.39, 0.29) is 28.9 Å². The first-order chi connectivity index (χ1) is 15.9. The molecule has 2 aliphatic rings. The normalized spacial score (nSPS) is 20.8. The van der Waals surface area contributed by atoms with Crippen molar-refractivity contribution in [2.45, 2.75) is 70.2 Å². The molecule has 0 bridgehead atoms. The number of likely N-dealkylation sites (tertiary alicyclic amines) is 1. The Morgan fingerprint density at radius 3 is 2.32 bits per heavy atom. The number of piperidine rings is 1. The lowest BCUT2D eigenvalue weighted by Crippen LogP contribution is -2.61. The van der Waals surface area contributed by atoms with Crippen molar-refractivity contribution in [1.29, 1.82) is 5.26 Å². The number of hydrogen-bond donors (Lipinski definition) is 2. The third-order valence-corrected chi connectivity index (χ3v) is 6.78. The van der Waals surface area contributed by atoms with E-state index in [2.05, 4.69) is 87.0 Å². The first kappa shape index (κ1) is 23.6. The van der Waals surface area contributed by atoms with E-state index in [1.807, 2.05) is 0 Å². The summed E-state index contributed by atoms with van der Waals surface area (Å²) in [6.07, 6.45) is 2.82. The summed E-state index contributed by atoms with van der Waals surface area (Å²) >= 11 is 0. The monoisotopic (exact) mass is 464 g/mol. The van der Waals surface area contributed by atoms with Crippen molar-refractivity contribution in [3.8, 4) is 6.07 Å². The smallest absolute Gasteiger partial charge is 0.229 e. The van der Waals surface area contributed by atoms with Crippen LogP contribution in [-0.2, 0) is 5.66 Å². The van der Waals surface area contributed by atoms with Gasteiger partial charge in [-0.3, -0.25) is 4.90 Å². The molecule has 1 aromatic carbocycles. The van der Waals surface area contributed by atoms with Gasteiger partial charge < -0.3 is 10.6 Å². The molecule has 0 atom stereocenters. The van der Waals surface area contributed by atoms with E-state index < -0.39 is 11.5 Å². The van der Waals surface area contributed by atoms with Gasteiger partial charge in [-0.25, -0.2) is 9.37 Å². The Morgan fingerprint density at radius 1 is 1.06 bits per heavy atom. The van der Waals surface area contributed by atoms with E-state index in [4.69, 9.17) is 0 Å². The molecule has 1 saturated heterocycles. The number of benzene rings is 1. The molecule has 3 heterocycles. The lowest BCUT2D eigenvalue weighted by Gasteiger charge is -2.53. The van der Waals surface area contributed by atoms with Crippen molar-refractivity contribution < 1.29 is 4.39 Å². The first-order valence-electron chi connectivity index (χ1n) is 11.1. The Labute approximate surface area is 198 Å². The number of hydrogen-bond acceptors (Lipinski definition) is 10. The van der Waals surface area contributed by atoms with E-state index in [0.717, 1.165) is 19.0 Å². The Balaban J connectivity index is 1.58. The maximum absolute atomic E-state index is 14.6. The molecule has 1 aromatic heterocycles. The van der Waals surface area contributed by atoms with Crippen LogP contribution in [0.3, 0.4) is 0 Å². The van der Waals surface area contributed by atoms with E-state index in [1.54, 1.807) is 25.1 Å². The topological polar surface area (TPSA) is 126 Å². The molecule has 34 heavy (non-hydrogen) atoms. The summed E-state index contributed by atoms with van der Waals surface area (Å²) in [4.78, 5) is 10.8. The molecule has 0 spiro atoms. The Morgan fingerprint density at radius 2 is 1.71 bits per heavy atom. The van der Waals surface area contributed by atoms with Crippen LogP contribution in [0.5, 0.6) is 0 Å². The maximum Gasteiger partial charge on any atom is 0.229 e. The quantitative estimate of drug-likeness (QED) is 0.618. The van der Waals surface area contributed by atoms with Crippen molar-refractivity contribution in [2.24, 2.45) is 20.7 Å². The van der Waals surface area contributed by atoms with E-state index >= 15 is 0 Å². The van der Waals surface area contributed by atoms with Crippen LogP contribution in [0.25, 0.3) is 0 Å². The molecule has 10 nitrogen and oxygen atoms in total.